The number of likely N-dealkylation sites (N-methyl/N-ethyl adjacent to an activating group) is 1. The smallest absolute Gasteiger partial charge is 0.339 e. The molecular formula is C18H28N2O4S. The molecule has 3 unspecified atom stereocenters. The van der Waals surface area contributed by atoms with Gasteiger partial charge in [-0.05, 0) is 36.9 Å². The average Bonchev–Trinajstić information content (AvgIpc) is 2.64. The number of methoxy groups -OCH3 is 1. The van der Waals surface area contributed by atoms with E-state index in [0.29, 0.717) is 0 Å². The highest BCUT2D eigenvalue weighted by Gasteiger charge is 2.27. The first-order chi connectivity index (χ1) is 12.0. The van der Waals surface area contributed by atoms with Gasteiger partial charge in [0.05, 0.1) is 13.2 Å². The van der Waals surface area contributed by atoms with Crippen LogP contribution in [0.1, 0.15) is 25.8 Å². The largest absolute Gasteiger partial charge is 0.497 e. The van der Waals surface area contributed by atoms with Crippen LogP contribution < -0.4 is 15.4 Å². The molecule has 0 saturated heterocycles. The van der Waals surface area contributed by atoms with E-state index in [1.165, 1.54) is 11.8 Å². The summed E-state index contributed by atoms with van der Waals surface area (Å²) in [4.78, 5) is 24.6. The molecule has 25 heavy (non-hydrogen) atoms. The number of ether oxygens (including phenoxy) is 2. The summed E-state index contributed by atoms with van der Waals surface area (Å²) in [6, 6.07) is 6.94. The fourth-order valence-electron chi connectivity index (χ4n) is 2.29. The SMILES string of the molecule is CCC(C)C(NC)C(=O)NC(SC)C(=O)OCc1ccc(OC)cc1. The van der Waals surface area contributed by atoms with Crippen molar-refractivity contribution in [1.29, 1.82) is 0 Å². The van der Waals surface area contributed by atoms with Gasteiger partial charge in [-0.25, -0.2) is 4.79 Å². The highest BCUT2D eigenvalue weighted by molar-refractivity contribution is 7.99. The van der Waals surface area contributed by atoms with E-state index in [2.05, 4.69) is 10.6 Å². The van der Waals surface area contributed by atoms with Crippen LogP contribution in [-0.4, -0.2) is 43.7 Å². The molecule has 0 aliphatic heterocycles. The van der Waals surface area contributed by atoms with E-state index in [-0.39, 0.29) is 24.5 Å². The minimum Gasteiger partial charge on any atom is -0.497 e. The number of hydrogen-bond donors (Lipinski definition) is 2. The van der Waals surface area contributed by atoms with E-state index in [4.69, 9.17) is 9.47 Å². The molecule has 0 aliphatic carbocycles. The Hall–Kier alpha value is -1.73. The average molecular weight is 368 g/mol. The second-order valence-electron chi connectivity index (χ2n) is 5.73. The van der Waals surface area contributed by atoms with Crippen molar-refractivity contribution >= 4 is 23.6 Å². The summed E-state index contributed by atoms with van der Waals surface area (Å²) < 4.78 is 10.4. The molecule has 0 radical (unpaired) electrons. The Morgan fingerprint density at radius 3 is 2.36 bits per heavy atom. The molecular weight excluding hydrogens is 340 g/mol. The molecule has 0 aromatic heterocycles. The highest BCUT2D eigenvalue weighted by Crippen LogP contribution is 2.14. The summed E-state index contributed by atoms with van der Waals surface area (Å²) in [5.74, 6) is 0.253. The van der Waals surface area contributed by atoms with Crippen LogP contribution in [0.3, 0.4) is 0 Å². The molecule has 1 aromatic rings. The predicted molar refractivity (Wildman–Crippen MR) is 101 cm³/mol. The fraction of sp³-hybridized carbons (Fsp3) is 0.556. The van der Waals surface area contributed by atoms with Crippen molar-refractivity contribution in [3.05, 3.63) is 29.8 Å². The van der Waals surface area contributed by atoms with E-state index >= 15 is 0 Å². The number of amides is 1. The second-order valence-corrected chi connectivity index (χ2v) is 6.67. The van der Waals surface area contributed by atoms with E-state index in [1.807, 2.05) is 26.0 Å². The molecule has 0 aliphatic rings. The Bertz CT molecular complexity index is 551. The topological polar surface area (TPSA) is 76.7 Å². The highest BCUT2D eigenvalue weighted by atomic mass is 32.2. The van der Waals surface area contributed by atoms with Crippen molar-refractivity contribution in [2.24, 2.45) is 5.92 Å². The summed E-state index contributed by atoms with van der Waals surface area (Å²) in [5.41, 5.74) is 0.855. The van der Waals surface area contributed by atoms with E-state index in [1.54, 1.807) is 32.5 Å². The van der Waals surface area contributed by atoms with Crippen LogP contribution in [0.15, 0.2) is 24.3 Å². The van der Waals surface area contributed by atoms with Crippen molar-refractivity contribution in [3.63, 3.8) is 0 Å². The molecule has 0 spiro atoms. The van der Waals surface area contributed by atoms with Crippen LogP contribution in [0.5, 0.6) is 5.75 Å². The van der Waals surface area contributed by atoms with Crippen LogP contribution in [0.4, 0.5) is 0 Å². The summed E-state index contributed by atoms with van der Waals surface area (Å²) in [6.45, 7) is 4.17. The Morgan fingerprint density at radius 1 is 1.24 bits per heavy atom. The lowest BCUT2D eigenvalue weighted by Gasteiger charge is -2.24. The van der Waals surface area contributed by atoms with Crippen molar-refractivity contribution in [2.75, 3.05) is 20.4 Å². The number of benzene rings is 1. The molecule has 7 heteroatoms. The molecule has 0 saturated carbocycles. The minimum atomic E-state index is -0.731. The molecule has 6 nitrogen and oxygen atoms in total. The van der Waals surface area contributed by atoms with Gasteiger partial charge < -0.3 is 20.1 Å². The van der Waals surface area contributed by atoms with Gasteiger partial charge in [0, 0.05) is 0 Å². The van der Waals surface area contributed by atoms with Gasteiger partial charge in [0.15, 0.2) is 5.37 Å². The Kier molecular flexibility index (Phi) is 9.37. The van der Waals surface area contributed by atoms with Crippen LogP contribution >= 0.6 is 11.8 Å². The third-order valence-electron chi connectivity index (χ3n) is 4.07. The van der Waals surface area contributed by atoms with Gasteiger partial charge in [-0.15, -0.1) is 11.8 Å². The predicted octanol–water partition coefficient (Wildman–Crippen LogP) is 2.18. The third-order valence-corrected chi connectivity index (χ3v) is 4.85. The summed E-state index contributed by atoms with van der Waals surface area (Å²) >= 11 is 1.24. The number of carbonyl (C=O) groups excluding carboxylic acids is 2. The van der Waals surface area contributed by atoms with E-state index in [9.17, 15) is 9.59 Å². The normalized spacial score (nSPS) is 14.3. The maximum absolute atomic E-state index is 12.4. The third kappa shape index (κ3) is 6.59. The van der Waals surface area contributed by atoms with Crippen LogP contribution in [0.25, 0.3) is 0 Å². The molecule has 2 N–H and O–H groups in total. The standard InChI is InChI=1S/C18H28N2O4S/c1-6-12(2)15(19-3)16(21)20-17(25-5)18(22)24-11-13-7-9-14(23-4)10-8-13/h7-10,12,15,17,19H,6,11H2,1-5H3,(H,20,21). The molecule has 1 amide bonds. The van der Waals surface area contributed by atoms with Gasteiger partial charge in [0.25, 0.3) is 0 Å². The Labute approximate surface area is 154 Å². The molecule has 1 rings (SSSR count). The molecule has 1 aromatic carbocycles. The van der Waals surface area contributed by atoms with Gasteiger partial charge in [-0.3, -0.25) is 4.79 Å². The van der Waals surface area contributed by atoms with Gasteiger partial charge in [0.2, 0.25) is 5.91 Å². The second kappa shape index (κ2) is 11.0. The number of thioether (sulfide) groups is 1. The lowest BCUT2D eigenvalue weighted by Crippen LogP contribution is -2.51. The quantitative estimate of drug-likeness (QED) is 0.487. The maximum atomic E-state index is 12.4. The molecule has 0 fully saturated rings. The maximum Gasteiger partial charge on any atom is 0.339 e. The first-order valence-corrected chi connectivity index (χ1v) is 9.55. The summed E-state index contributed by atoms with van der Waals surface area (Å²) in [5, 5.41) is 5.03. The molecule has 3 atom stereocenters. The Balaban J connectivity index is 2.59. The zero-order valence-electron chi connectivity index (χ0n) is 15.5. The van der Waals surface area contributed by atoms with Crippen molar-refractivity contribution < 1.29 is 19.1 Å². The lowest BCUT2D eigenvalue weighted by atomic mass is 9.99. The van der Waals surface area contributed by atoms with Crippen molar-refractivity contribution in [1.82, 2.24) is 10.6 Å². The zero-order valence-corrected chi connectivity index (χ0v) is 16.3. The van der Waals surface area contributed by atoms with Gasteiger partial charge in [-0.1, -0.05) is 32.4 Å². The van der Waals surface area contributed by atoms with Crippen LogP contribution in [0.2, 0.25) is 0 Å². The number of hydrogen-bond acceptors (Lipinski definition) is 6. The first kappa shape index (κ1) is 21.3. The van der Waals surface area contributed by atoms with Crippen molar-refractivity contribution in [2.45, 2.75) is 38.3 Å². The molecule has 0 heterocycles. The molecule has 140 valence electrons. The minimum absolute atomic E-state index is 0.149. The summed E-state index contributed by atoms with van der Waals surface area (Å²) in [6.07, 6.45) is 2.63. The van der Waals surface area contributed by atoms with Gasteiger partial charge in [-0.2, -0.15) is 0 Å². The van der Waals surface area contributed by atoms with E-state index < -0.39 is 11.3 Å². The number of nitrogens with one attached hydrogen (secondary N) is 2. The number of carbonyl (C=O) groups is 2. The summed E-state index contributed by atoms with van der Waals surface area (Å²) in [7, 11) is 3.34. The monoisotopic (exact) mass is 368 g/mol. The van der Waals surface area contributed by atoms with Crippen molar-refractivity contribution in [3.8, 4) is 5.75 Å². The number of rotatable bonds is 10. The van der Waals surface area contributed by atoms with Gasteiger partial charge in [0.1, 0.15) is 12.4 Å². The first-order valence-electron chi connectivity index (χ1n) is 8.26. The Morgan fingerprint density at radius 2 is 1.88 bits per heavy atom. The van der Waals surface area contributed by atoms with Crippen LogP contribution in [0, 0.1) is 5.92 Å². The zero-order chi connectivity index (χ0) is 18.8. The number of esters is 1. The van der Waals surface area contributed by atoms with E-state index in [0.717, 1.165) is 17.7 Å². The van der Waals surface area contributed by atoms with Gasteiger partial charge >= 0.3 is 5.97 Å². The lowest BCUT2D eigenvalue weighted by molar-refractivity contribution is -0.146. The fourth-order valence-corrected chi connectivity index (χ4v) is 2.79. The molecule has 0 bridgehead atoms. The van der Waals surface area contributed by atoms with Crippen LogP contribution in [-0.2, 0) is 20.9 Å².